The van der Waals surface area contributed by atoms with Crippen molar-refractivity contribution in [2.24, 2.45) is 5.16 Å². The average molecular weight is 842 g/mol. The zero-order chi connectivity index (χ0) is 39.2. The fourth-order valence-corrected chi connectivity index (χ4v) is 8.92. The van der Waals surface area contributed by atoms with E-state index in [1.165, 1.54) is 28.1 Å². The Bertz CT molecular complexity index is 2180. The molecule has 26 heteroatoms. The summed E-state index contributed by atoms with van der Waals surface area (Å²) in [7, 11) is 0. The van der Waals surface area contributed by atoms with Gasteiger partial charge in [0.25, 0.3) is 23.6 Å². The predicted octanol–water partition coefficient (Wildman–Crippen LogP) is -10.0. The first-order chi connectivity index (χ1) is 26.3. The van der Waals surface area contributed by atoms with Crippen molar-refractivity contribution in [1.29, 1.82) is 0 Å². The van der Waals surface area contributed by atoms with Crippen LogP contribution in [0.4, 0.5) is 5.13 Å². The number of imide groups is 1. The van der Waals surface area contributed by atoms with Crippen molar-refractivity contribution in [2.45, 2.75) is 36.8 Å². The first kappa shape index (κ1) is 44.0. The van der Waals surface area contributed by atoms with Crippen molar-refractivity contribution in [2.75, 3.05) is 44.2 Å². The summed E-state index contributed by atoms with van der Waals surface area (Å²) in [6, 6.07) is 1.31. The number of hydrogen-bond acceptors (Lipinski definition) is 19. The number of phenols is 2. The molecule has 0 spiro atoms. The van der Waals surface area contributed by atoms with E-state index in [0.717, 1.165) is 40.7 Å². The number of quaternary nitrogens is 1. The first-order valence-electron chi connectivity index (χ1n) is 16.6. The number of fused-ring (bicyclic) bond motifs is 2. The fourth-order valence-electron chi connectivity index (χ4n) is 7.03. The number of oxime groups is 1. The predicted molar refractivity (Wildman–Crippen MR) is 182 cm³/mol. The Morgan fingerprint density at radius 2 is 1.88 bits per heavy atom. The third-order valence-corrected chi connectivity index (χ3v) is 11.7. The fraction of sp³-hybridized carbons (Fsp3) is 0.387. The number of phenolic OH excluding ortho intramolecular Hbond substituents is 2. The van der Waals surface area contributed by atoms with Gasteiger partial charge in [0.1, 0.15) is 23.7 Å². The number of nitrogens with zero attached hydrogens (tertiary/aromatic N) is 9. The molecule has 1 aromatic carbocycles. The van der Waals surface area contributed by atoms with E-state index in [1.54, 1.807) is 0 Å². The Labute approximate surface area is 374 Å². The molecule has 2 aromatic heterocycles. The van der Waals surface area contributed by atoms with Crippen molar-refractivity contribution >= 4 is 75.2 Å². The number of hydrogen-bond donors (Lipinski definition) is 4. The van der Waals surface area contributed by atoms with Crippen LogP contribution < -0.4 is 85.5 Å². The van der Waals surface area contributed by atoms with Gasteiger partial charge in [-0.05, 0) is 12.1 Å². The molecule has 0 bridgehead atoms. The second kappa shape index (κ2) is 17.8. The quantitative estimate of drug-likeness (QED) is 0.0223. The number of carboxylic acids is 2. The Morgan fingerprint density at radius 3 is 2.51 bits per heavy atom. The van der Waals surface area contributed by atoms with Crippen LogP contribution in [-0.4, -0.2) is 142 Å². The summed E-state index contributed by atoms with van der Waals surface area (Å²) in [4.78, 5) is 87.5. The van der Waals surface area contributed by atoms with Gasteiger partial charge in [-0.25, -0.2) is 4.98 Å². The molecule has 0 aliphatic carbocycles. The molecule has 4 aliphatic rings. The van der Waals surface area contributed by atoms with Gasteiger partial charge < -0.3 is 55.5 Å². The summed E-state index contributed by atoms with van der Waals surface area (Å²) in [6.45, 7) is 2.13. The standard InChI is InChI=1S/C31H31N11O11S2.2Na/c32-31-33-15(12-55-31)20(37-53-17(30(51)52)9-18(44)45)25(47)34-21-28(50)41-22(24-35-38-39-36-24)13(11-54-29(21)41)10-42(6-1-2-7-42)8-5-40-26(48)14-3-4-16(43)23(46)19(14)27(40)49;;/h3-4,12,17,21,29H,1-2,5-11H2,(H7-,32,33,34,35,36,37,38,39,43,44,45,46,47,48,49,51,52);;/q;2*+1/p-2/t17-,21+,29+;;/m0../s1. The van der Waals surface area contributed by atoms with Crippen LogP contribution in [-0.2, 0) is 24.0 Å². The van der Waals surface area contributed by atoms with Gasteiger partial charge in [0.2, 0.25) is 0 Å². The maximum Gasteiger partial charge on any atom is 1.00 e. The van der Waals surface area contributed by atoms with E-state index < -0.39 is 76.7 Å². The largest absolute Gasteiger partial charge is 1.00 e. The molecule has 5 N–H and O–H groups in total. The van der Waals surface area contributed by atoms with E-state index in [-0.39, 0.29) is 93.4 Å². The van der Waals surface area contributed by atoms with Crippen molar-refractivity contribution in [3.8, 4) is 11.5 Å². The van der Waals surface area contributed by atoms with Crippen LogP contribution in [0.3, 0.4) is 0 Å². The summed E-state index contributed by atoms with van der Waals surface area (Å²) < 4.78 is 0.444. The molecule has 0 radical (unpaired) electrons. The maximum absolute atomic E-state index is 13.9. The number of carbonyl (C=O) groups excluding carboxylic acids is 6. The van der Waals surface area contributed by atoms with Gasteiger partial charge in [-0.15, -0.1) is 23.1 Å². The van der Waals surface area contributed by atoms with Gasteiger partial charge >= 0.3 is 59.1 Å². The Morgan fingerprint density at radius 1 is 1.14 bits per heavy atom. The van der Waals surface area contributed by atoms with E-state index in [1.807, 2.05) is 0 Å². The van der Waals surface area contributed by atoms with E-state index in [4.69, 9.17) is 10.6 Å². The summed E-state index contributed by atoms with van der Waals surface area (Å²) in [5.41, 5.74) is 5.86. The number of aromatic hydroxyl groups is 2. The molecule has 4 amide bonds. The number of benzene rings is 1. The Hall–Kier alpha value is -4.14. The number of aromatic nitrogens is 5. The Kier molecular flexibility index (Phi) is 13.7. The third-order valence-electron chi connectivity index (χ3n) is 9.66. The molecule has 6 heterocycles. The van der Waals surface area contributed by atoms with Crippen LogP contribution in [0.2, 0.25) is 0 Å². The number of thiazole rings is 1. The third kappa shape index (κ3) is 8.54. The molecule has 3 aromatic rings. The number of anilines is 1. The molecule has 22 nitrogen and oxygen atoms in total. The van der Waals surface area contributed by atoms with E-state index >= 15 is 0 Å². The van der Waals surface area contributed by atoms with E-state index in [9.17, 15) is 49.2 Å². The number of carboxylic acid groups (broad SMARTS) is 2. The molecule has 4 aliphatic heterocycles. The van der Waals surface area contributed by atoms with Crippen molar-refractivity contribution in [3.05, 3.63) is 45.7 Å². The zero-order valence-corrected chi connectivity index (χ0v) is 35.9. The monoisotopic (exact) mass is 841 g/mol. The van der Waals surface area contributed by atoms with Crippen LogP contribution >= 0.6 is 23.1 Å². The number of likely N-dealkylation sites (tertiary alicyclic amines) is 1. The van der Waals surface area contributed by atoms with Crippen LogP contribution in [0.5, 0.6) is 11.5 Å². The van der Waals surface area contributed by atoms with Gasteiger partial charge in [0, 0.05) is 41.9 Å². The van der Waals surface area contributed by atoms with Crippen LogP contribution in [0.25, 0.3) is 5.70 Å². The second-order valence-electron chi connectivity index (χ2n) is 13.0. The number of tetrazole rings is 1. The Balaban J connectivity index is 0.00000310. The van der Waals surface area contributed by atoms with Gasteiger partial charge in [-0.3, -0.25) is 39.3 Å². The molecule has 0 saturated carbocycles. The molecule has 7 rings (SSSR count). The number of nitrogens with two attached hydrogens (primary N) is 1. The van der Waals surface area contributed by atoms with Gasteiger partial charge in [-0.1, -0.05) is 5.16 Å². The number of thioether (sulfide) groups is 1. The van der Waals surface area contributed by atoms with Crippen LogP contribution in [0, 0.1) is 0 Å². The van der Waals surface area contributed by atoms with Crippen molar-refractivity contribution in [1.82, 2.24) is 40.7 Å². The van der Waals surface area contributed by atoms with Crippen LogP contribution in [0.15, 0.2) is 28.2 Å². The number of β-lactam (4-membered cyclic amide) rings is 1. The molecule has 3 atom stereocenters. The number of aliphatic carboxylic acids is 2. The summed E-state index contributed by atoms with van der Waals surface area (Å²) in [5, 5.41) is 64.7. The van der Waals surface area contributed by atoms with E-state index in [2.05, 4.69) is 36.1 Å². The molecular formula is C31H29N11Na2O11S2. The number of nitrogens with one attached hydrogen (secondary N) is 1. The van der Waals surface area contributed by atoms with E-state index in [0.29, 0.717) is 42.1 Å². The van der Waals surface area contributed by atoms with Gasteiger partial charge in [0.05, 0.1) is 54.8 Å². The topological polar surface area (TPSA) is 321 Å². The smallest absolute Gasteiger partial charge is 0.550 e. The number of carbonyl (C=O) groups is 6. The summed E-state index contributed by atoms with van der Waals surface area (Å²) >= 11 is 2.26. The molecule has 2 saturated heterocycles. The van der Waals surface area contributed by atoms with Gasteiger partial charge in [-0.2, -0.15) is 5.21 Å². The molecule has 0 unspecified atom stereocenters. The zero-order valence-electron chi connectivity index (χ0n) is 30.3. The van der Waals surface area contributed by atoms with Gasteiger partial charge in [0.15, 0.2) is 28.4 Å². The molecule has 2 fully saturated rings. The minimum Gasteiger partial charge on any atom is -0.550 e. The number of amides is 4. The van der Waals surface area contributed by atoms with Crippen molar-refractivity contribution in [3.63, 3.8) is 0 Å². The first-order valence-corrected chi connectivity index (χ1v) is 18.5. The van der Waals surface area contributed by atoms with Crippen LogP contribution in [0.1, 0.15) is 51.5 Å². The summed E-state index contributed by atoms with van der Waals surface area (Å²) in [6.07, 6.45) is -1.51. The normalized spacial score (nSPS) is 20.2. The SMILES string of the molecule is Nc1nc(/C(=N/O[C@@H](CC(=O)[O-])C(=O)[O-])C(=O)N[C@@H]2C(=O)N3C(c4nnn[n-]4)=C(C[N+]4(CCN5C(=O)c6ccc(O)c(O)c6C5=O)CCCC4)CS[C@H]23)cs1.[Na+].[Na+]. The minimum atomic E-state index is -2.10. The second-order valence-corrected chi connectivity index (χ2v) is 15.0. The number of rotatable bonds is 14. The molecule has 288 valence electrons. The summed E-state index contributed by atoms with van der Waals surface area (Å²) in [5.74, 6) is -7.31. The molecular weight excluding hydrogens is 813 g/mol. The maximum atomic E-state index is 13.9. The van der Waals surface area contributed by atoms with Crippen molar-refractivity contribution < 1.29 is 118 Å². The number of nitrogen functional groups attached to an aromatic ring is 1. The molecule has 57 heavy (non-hydrogen) atoms. The minimum absolute atomic E-state index is 0. The average Bonchev–Trinajstić information content (AvgIpc) is 3.97.